The Morgan fingerprint density at radius 1 is 0.882 bits per heavy atom. The number of aromatic nitrogens is 1. The van der Waals surface area contributed by atoms with Gasteiger partial charge in [-0.15, -0.1) is 11.6 Å². The first kappa shape index (κ1) is 23.4. The molecule has 0 bridgehead atoms. The van der Waals surface area contributed by atoms with Crippen molar-refractivity contribution in [2.24, 2.45) is 5.73 Å². The monoisotopic (exact) mass is 481 g/mol. The van der Waals surface area contributed by atoms with Crippen molar-refractivity contribution < 1.29 is 33.2 Å². The molecular weight excluding hydrogens is 460 g/mol. The molecule has 174 valence electrons. The van der Waals surface area contributed by atoms with E-state index in [-0.39, 0.29) is 12.2 Å². The molecule has 2 N–H and O–H groups in total. The van der Waals surface area contributed by atoms with Gasteiger partial charge in [-0.3, -0.25) is 4.79 Å². The lowest BCUT2D eigenvalue weighted by atomic mass is 10.1. The Bertz CT molecular complexity index is 1170. The second-order valence-corrected chi connectivity index (χ2v) is 8.12. The topological polar surface area (TPSA) is 109 Å². The Labute approximate surface area is 200 Å². The van der Waals surface area contributed by atoms with Gasteiger partial charge in [-0.2, -0.15) is 4.57 Å². The van der Waals surface area contributed by atoms with E-state index >= 15 is 0 Å². The number of carbonyl (C=O) groups excluding carboxylic acids is 3. The second kappa shape index (κ2) is 10.5. The van der Waals surface area contributed by atoms with Gasteiger partial charge < -0.3 is 19.9 Å². The number of alkyl halides is 1. The summed E-state index contributed by atoms with van der Waals surface area (Å²) in [6.45, 7) is -0.198. The van der Waals surface area contributed by atoms with Crippen LogP contribution in [0.1, 0.15) is 37.3 Å². The van der Waals surface area contributed by atoms with Gasteiger partial charge in [-0.25, -0.2) is 9.59 Å². The zero-order valence-corrected chi connectivity index (χ0v) is 18.7. The molecule has 4 atom stereocenters. The fourth-order valence-corrected chi connectivity index (χ4v) is 3.99. The van der Waals surface area contributed by atoms with Gasteiger partial charge in [0.1, 0.15) is 18.3 Å². The molecule has 0 aliphatic carbocycles. The summed E-state index contributed by atoms with van der Waals surface area (Å²) in [6.07, 6.45) is 0.554. The van der Waals surface area contributed by atoms with Crippen molar-refractivity contribution >= 4 is 29.4 Å². The van der Waals surface area contributed by atoms with Crippen LogP contribution in [0.3, 0.4) is 0 Å². The number of benzene rings is 2. The van der Waals surface area contributed by atoms with Crippen molar-refractivity contribution in [3.05, 3.63) is 102 Å². The summed E-state index contributed by atoms with van der Waals surface area (Å²) >= 11 is 6.69. The molecule has 4 rings (SSSR count). The van der Waals surface area contributed by atoms with E-state index in [1.165, 1.54) is 6.20 Å². The average molecular weight is 482 g/mol. The minimum Gasteiger partial charge on any atom is -0.459 e. The second-order valence-electron chi connectivity index (χ2n) is 7.61. The number of amides is 1. The van der Waals surface area contributed by atoms with Gasteiger partial charge in [0.15, 0.2) is 23.9 Å². The first-order valence-electron chi connectivity index (χ1n) is 10.5. The summed E-state index contributed by atoms with van der Waals surface area (Å²) in [7, 11) is 0. The summed E-state index contributed by atoms with van der Waals surface area (Å²) in [5.41, 5.74) is 6.36. The highest BCUT2D eigenvalue weighted by molar-refractivity contribution is 6.21. The van der Waals surface area contributed by atoms with Crippen LogP contribution in [0, 0.1) is 0 Å². The lowest BCUT2D eigenvalue weighted by Gasteiger charge is -2.19. The molecule has 0 spiro atoms. The van der Waals surface area contributed by atoms with Crippen LogP contribution in [0.25, 0.3) is 0 Å². The predicted octanol–water partition coefficient (Wildman–Crippen LogP) is 2.66. The van der Waals surface area contributed by atoms with Crippen molar-refractivity contribution in [3.8, 4) is 0 Å². The summed E-state index contributed by atoms with van der Waals surface area (Å²) in [4.78, 5) is 36.8. The van der Waals surface area contributed by atoms with Gasteiger partial charge in [0.25, 0.3) is 12.1 Å². The van der Waals surface area contributed by atoms with Crippen molar-refractivity contribution in [3.63, 3.8) is 0 Å². The number of ether oxygens (including phenoxy) is 3. The van der Waals surface area contributed by atoms with Gasteiger partial charge in [-0.05, 0) is 30.3 Å². The zero-order valence-electron chi connectivity index (χ0n) is 18.0. The third-order valence-electron chi connectivity index (χ3n) is 5.31. The molecule has 1 aliphatic rings. The third kappa shape index (κ3) is 5.24. The van der Waals surface area contributed by atoms with Crippen LogP contribution in [0.15, 0.2) is 85.2 Å². The van der Waals surface area contributed by atoms with Gasteiger partial charge in [0.2, 0.25) is 0 Å². The smallest absolute Gasteiger partial charge is 0.338 e. The summed E-state index contributed by atoms with van der Waals surface area (Å²) < 4.78 is 18.7. The molecule has 0 saturated carbocycles. The van der Waals surface area contributed by atoms with Gasteiger partial charge in [0, 0.05) is 6.07 Å². The van der Waals surface area contributed by atoms with Gasteiger partial charge in [0.05, 0.1) is 11.1 Å². The molecule has 1 amide bonds. The number of hydrogen-bond acceptors (Lipinski definition) is 6. The van der Waals surface area contributed by atoms with Crippen LogP contribution in [0.2, 0.25) is 0 Å². The molecule has 0 radical (unpaired) electrons. The van der Waals surface area contributed by atoms with E-state index < -0.39 is 41.7 Å². The van der Waals surface area contributed by atoms with E-state index in [9.17, 15) is 14.4 Å². The summed E-state index contributed by atoms with van der Waals surface area (Å²) in [5.74, 6) is -1.75. The van der Waals surface area contributed by atoms with E-state index in [0.29, 0.717) is 11.1 Å². The molecule has 34 heavy (non-hydrogen) atoms. The SMILES string of the molecule is NC(=O)c1ccc[n+]([C@@H]2O[C@H](COC(=O)c3ccccc3)[C@@H](OC(=O)c3ccccc3)[C@@H]2Cl)c1. The highest BCUT2D eigenvalue weighted by Crippen LogP contribution is 2.33. The number of rotatable bonds is 7. The molecule has 1 saturated heterocycles. The highest BCUT2D eigenvalue weighted by atomic mass is 35.5. The van der Waals surface area contributed by atoms with Crippen LogP contribution in [0.5, 0.6) is 0 Å². The maximum atomic E-state index is 12.7. The maximum absolute atomic E-state index is 12.7. The van der Waals surface area contributed by atoms with E-state index in [1.807, 2.05) is 0 Å². The normalized spacial score (nSPS) is 21.6. The zero-order chi connectivity index (χ0) is 24.1. The first-order chi connectivity index (χ1) is 16.4. The molecule has 9 heteroatoms. The van der Waals surface area contributed by atoms with E-state index in [4.69, 9.17) is 31.5 Å². The summed E-state index contributed by atoms with van der Waals surface area (Å²) in [5, 5.41) is -0.846. The minimum absolute atomic E-state index is 0.198. The van der Waals surface area contributed by atoms with Crippen molar-refractivity contribution in [2.45, 2.75) is 23.8 Å². The summed E-state index contributed by atoms with van der Waals surface area (Å²) in [6, 6.07) is 20.1. The lowest BCUT2D eigenvalue weighted by molar-refractivity contribution is -0.758. The number of hydrogen-bond donors (Lipinski definition) is 1. The van der Waals surface area contributed by atoms with Gasteiger partial charge >= 0.3 is 11.9 Å². The molecule has 8 nitrogen and oxygen atoms in total. The maximum Gasteiger partial charge on any atom is 0.338 e. The van der Waals surface area contributed by atoms with E-state index in [0.717, 1.165) is 0 Å². The Morgan fingerprint density at radius 2 is 1.47 bits per heavy atom. The van der Waals surface area contributed by atoms with Crippen LogP contribution in [-0.4, -0.2) is 42.0 Å². The molecule has 1 aromatic heterocycles. The van der Waals surface area contributed by atoms with E-state index in [1.54, 1.807) is 83.6 Å². The molecule has 2 aromatic carbocycles. The Kier molecular flexibility index (Phi) is 7.20. The molecule has 2 heterocycles. The lowest BCUT2D eigenvalue weighted by Crippen LogP contribution is -2.45. The Morgan fingerprint density at radius 3 is 2.09 bits per heavy atom. The predicted molar refractivity (Wildman–Crippen MR) is 121 cm³/mol. The quantitative estimate of drug-likeness (QED) is 0.316. The van der Waals surface area contributed by atoms with Crippen LogP contribution in [-0.2, 0) is 14.2 Å². The van der Waals surface area contributed by atoms with Crippen molar-refractivity contribution in [2.75, 3.05) is 6.61 Å². The molecule has 0 unspecified atom stereocenters. The fraction of sp³-hybridized carbons (Fsp3) is 0.200. The number of primary amides is 1. The number of carbonyl (C=O) groups is 3. The number of halogens is 1. The number of nitrogens with two attached hydrogens (primary N) is 1. The number of esters is 2. The molecular formula is C25H22ClN2O6+. The van der Waals surface area contributed by atoms with Gasteiger partial charge in [-0.1, -0.05) is 36.4 Å². The number of nitrogens with zero attached hydrogens (tertiary/aromatic N) is 1. The molecule has 1 fully saturated rings. The Hall–Kier alpha value is -3.75. The molecule has 3 aromatic rings. The van der Waals surface area contributed by atoms with Crippen LogP contribution < -0.4 is 10.3 Å². The van der Waals surface area contributed by atoms with Crippen LogP contribution >= 0.6 is 11.6 Å². The molecule has 1 aliphatic heterocycles. The van der Waals surface area contributed by atoms with E-state index in [2.05, 4.69) is 0 Å². The first-order valence-corrected chi connectivity index (χ1v) is 11.0. The standard InChI is InChI=1S/C25H21ClN2O6/c26-20-21(34-25(31)17-10-5-2-6-11-17)19(15-32-24(30)16-8-3-1-4-9-16)33-23(20)28-13-7-12-18(14-28)22(27)29/h1-14,19-21,23H,15H2,(H-,27,29)/p+1/t19-,20+,21-,23-/m1/s1. The van der Waals surface area contributed by atoms with Crippen molar-refractivity contribution in [1.82, 2.24) is 0 Å². The Balaban J connectivity index is 1.55. The van der Waals surface area contributed by atoms with Crippen LogP contribution in [0.4, 0.5) is 0 Å². The highest BCUT2D eigenvalue weighted by Gasteiger charge is 2.52. The third-order valence-corrected chi connectivity index (χ3v) is 5.77. The number of pyridine rings is 1. The minimum atomic E-state index is -0.937. The van der Waals surface area contributed by atoms with Crippen molar-refractivity contribution in [1.29, 1.82) is 0 Å². The average Bonchev–Trinajstić information content (AvgIpc) is 3.18. The fourth-order valence-electron chi connectivity index (χ4n) is 3.59. The largest absolute Gasteiger partial charge is 0.459 e.